The first-order valence-electron chi connectivity index (χ1n) is 3.63. The van der Waals surface area contributed by atoms with E-state index >= 15 is 0 Å². The molecule has 12 heavy (non-hydrogen) atoms. The first-order valence-corrected chi connectivity index (χ1v) is 6.55. The highest BCUT2D eigenvalue weighted by atomic mass is 32.2. The monoisotopic (exact) mass is 219 g/mol. The van der Waals surface area contributed by atoms with Gasteiger partial charge in [-0.15, -0.1) is 10.2 Å². The largest absolute Gasteiger partial charge is 0.314 e. The van der Waals surface area contributed by atoms with Crippen LogP contribution in [0, 0.1) is 0 Å². The summed E-state index contributed by atoms with van der Waals surface area (Å²) in [6, 6.07) is 0. The van der Waals surface area contributed by atoms with Crippen LogP contribution in [0.25, 0.3) is 0 Å². The fourth-order valence-corrected chi connectivity index (χ4v) is 3.59. The summed E-state index contributed by atoms with van der Waals surface area (Å²) in [7, 11) is 0. The van der Waals surface area contributed by atoms with Crippen molar-refractivity contribution < 1.29 is 0 Å². The third kappa shape index (κ3) is 1.93. The first-order chi connectivity index (χ1) is 5.88. The van der Waals surface area contributed by atoms with Crippen LogP contribution in [0.15, 0.2) is 8.68 Å². The molecule has 6 heteroatoms. The second kappa shape index (κ2) is 3.95. The molecule has 1 aliphatic rings. The molecule has 0 saturated carbocycles. The van der Waals surface area contributed by atoms with Gasteiger partial charge in [0.1, 0.15) is 0 Å². The van der Waals surface area contributed by atoms with Gasteiger partial charge in [-0.25, -0.2) is 0 Å². The third-order valence-corrected chi connectivity index (χ3v) is 4.76. The average Bonchev–Trinajstić information content (AvgIpc) is 2.44. The van der Waals surface area contributed by atoms with Gasteiger partial charge in [-0.2, -0.15) is 0 Å². The molecule has 66 valence electrons. The van der Waals surface area contributed by atoms with Gasteiger partial charge in [0.15, 0.2) is 8.68 Å². The Morgan fingerprint density at radius 2 is 2.17 bits per heavy atom. The molecule has 0 radical (unpaired) electrons. The minimum Gasteiger partial charge on any atom is -0.314 e. The van der Waals surface area contributed by atoms with E-state index in [0.29, 0.717) is 5.25 Å². The Kier molecular flexibility index (Phi) is 2.90. The third-order valence-electron chi connectivity index (χ3n) is 1.57. The number of hydrogen-bond donors (Lipinski definition) is 1. The van der Waals surface area contributed by atoms with Crippen molar-refractivity contribution in [3.8, 4) is 0 Å². The van der Waals surface area contributed by atoms with E-state index in [1.54, 1.807) is 23.1 Å². The number of thioether (sulfide) groups is 2. The molecule has 0 aliphatic carbocycles. The lowest BCUT2D eigenvalue weighted by atomic mass is 10.3. The second-order valence-electron chi connectivity index (χ2n) is 2.44. The van der Waals surface area contributed by atoms with Crippen molar-refractivity contribution in [3.63, 3.8) is 0 Å². The molecule has 0 spiro atoms. The highest BCUT2D eigenvalue weighted by Crippen LogP contribution is 2.31. The number of rotatable bonds is 3. The van der Waals surface area contributed by atoms with Crippen molar-refractivity contribution in [2.75, 3.05) is 19.3 Å². The summed E-state index contributed by atoms with van der Waals surface area (Å²) in [6.45, 7) is 2.22. The zero-order chi connectivity index (χ0) is 8.39. The lowest BCUT2D eigenvalue weighted by Gasteiger charge is -2.24. The molecule has 1 saturated heterocycles. The van der Waals surface area contributed by atoms with Crippen molar-refractivity contribution in [3.05, 3.63) is 0 Å². The zero-order valence-electron chi connectivity index (χ0n) is 6.61. The fourth-order valence-electron chi connectivity index (χ4n) is 0.815. The van der Waals surface area contributed by atoms with Gasteiger partial charge in [0.25, 0.3) is 0 Å². The van der Waals surface area contributed by atoms with Crippen molar-refractivity contribution >= 4 is 34.9 Å². The molecule has 0 bridgehead atoms. The van der Waals surface area contributed by atoms with E-state index in [-0.39, 0.29) is 0 Å². The maximum atomic E-state index is 4.09. The average molecular weight is 219 g/mol. The number of nitrogens with one attached hydrogen (secondary N) is 1. The molecule has 1 fully saturated rings. The molecule has 1 aromatic rings. The van der Waals surface area contributed by atoms with Gasteiger partial charge in [0, 0.05) is 18.3 Å². The minimum atomic E-state index is 0.715. The van der Waals surface area contributed by atoms with Gasteiger partial charge < -0.3 is 5.32 Å². The molecule has 2 rings (SSSR count). The molecular formula is C6H9N3S3. The maximum Gasteiger partial charge on any atom is 0.175 e. The smallest absolute Gasteiger partial charge is 0.175 e. The van der Waals surface area contributed by atoms with Gasteiger partial charge in [0.05, 0.1) is 0 Å². The van der Waals surface area contributed by atoms with Crippen LogP contribution < -0.4 is 5.32 Å². The van der Waals surface area contributed by atoms with Crippen LogP contribution in [-0.4, -0.2) is 34.8 Å². The topological polar surface area (TPSA) is 37.8 Å². The zero-order valence-corrected chi connectivity index (χ0v) is 9.06. The van der Waals surface area contributed by atoms with E-state index in [0.717, 1.165) is 21.8 Å². The van der Waals surface area contributed by atoms with Gasteiger partial charge in [-0.1, -0.05) is 34.9 Å². The Labute approximate surface area is 83.7 Å². The van der Waals surface area contributed by atoms with Crippen LogP contribution >= 0.6 is 34.9 Å². The van der Waals surface area contributed by atoms with Crippen LogP contribution in [0.1, 0.15) is 0 Å². The Morgan fingerprint density at radius 3 is 2.67 bits per heavy atom. The lowest BCUT2D eigenvalue weighted by Crippen LogP contribution is -2.44. The van der Waals surface area contributed by atoms with Crippen LogP contribution in [0.4, 0.5) is 0 Å². The molecule has 0 aromatic carbocycles. The predicted molar refractivity (Wildman–Crippen MR) is 54.2 cm³/mol. The normalized spacial score (nSPS) is 17.8. The van der Waals surface area contributed by atoms with Crippen LogP contribution in [-0.2, 0) is 0 Å². The van der Waals surface area contributed by atoms with E-state index in [9.17, 15) is 0 Å². The summed E-state index contributed by atoms with van der Waals surface area (Å²) < 4.78 is 2.16. The van der Waals surface area contributed by atoms with Crippen molar-refractivity contribution in [2.45, 2.75) is 13.9 Å². The fraction of sp³-hybridized carbons (Fsp3) is 0.667. The van der Waals surface area contributed by atoms with E-state index < -0.39 is 0 Å². The van der Waals surface area contributed by atoms with Crippen molar-refractivity contribution in [1.82, 2.24) is 15.5 Å². The summed E-state index contributed by atoms with van der Waals surface area (Å²) in [4.78, 5) is 0. The van der Waals surface area contributed by atoms with E-state index in [4.69, 9.17) is 0 Å². The minimum absolute atomic E-state index is 0.715. The van der Waals surface area contributed by atoms with Gasteiger partial charge in [-0.05, 0) is 6.26 Å². The Bertz CT molecular complexity index is 258. The van der Waals surface area contributed by atoms with Gasteiger partial charge in [-0.3, -0.25) is 0 Å². The Hall–Kier alpha value is 0.220. The molecule has 1 aliphatic heterocycles. The van der Waals surface area contributed by atoms with Crippen LogP contribution in [0.5, 0.6) is 0 Å². The first kappa shape index (κ1) is 8.80. The van der Waals surface area contributed by atoms with Crippen LogP contribution in [0.3, 0.4) is 0 Å². The van der Waals surface area contributed by atoms with E-state index in [1.807, 2.05) is 18.0 Å². The SMILES string of the molecule is CSc1nnc(SC2CNC2)s1. The Balaban J connectivity index is 1.93. The summed E-state index contributed by atoms with van der Waals surface area (Å²) >= 11 is 5.18. The number of aromatic nitrogens is 2. The molecule has 0 unspecified atom stereocenters. The molecule has 0 amide bonds. The van der Waals surface area contributed by atoms with Crippen molar-refractivity contribution in [2.24, 2.45) is 0 Å². The van der Waals surface area contributed by atoms with E-state index in [2.05, 4.69) is 15.5 Å². The molecule has 0 atom stereocenters. The number of nitrogens with zero attached hydrogens (tertiary/aromatic N) is 2. The Morgan fingerprint density at radius 1 is 1.42 bits per heavy atom. The quantitative estimate of drug-likeness (QED) is 0.776. The van der Waals surface area contributed by atoms with Crippen LogP contribution in [0.2, 0.25) is 0 Å². The summed E-state index contributed by atoms with van der Waals surface area (Å²) in [6.07, 6.45) is 2.03. The second-order valence-corrected chi connectivity index (χ2v) is 6.01. The van der Waals surface area contributed by atoms with E-state index in [1.165, 1.54) is 0 Å². The van der Waals surface area contributed by atoms with Gasteiger partial charge >= 0.3 is 0 Å². The van der Waals surface area contributed by atoms with Gasteiger partial charge in [0.2, 0.25) is 0 Å². The summed E-state index contributed by atoms with van der Waals surface area (Å²) in [5, 5.41) is 12.1. The standard InChI is InChI=1S/C6H9N3S3/c1-10-5-8-9-6(12-5)11-4-2-7-3-4/h4,7H,2-3H2,1H3. The highest BCUT2D eigenvalue weighted by Gasteiger charge is 2.19. The molecule has 3 nitrogen and oxygen atoms in total. The summed E-state index contributed by atoms with van der Waals surface area (Å²) in [5.74, 6) is 0. The van der Waals surface area contributed by atoms with Crippen molar-refractivity contribution in [1.29, 1.82) is 0 Å². The number of hydrogen-bond acceptors (Lipinski definition) is 6. The lowest BCUT2D eigenvalue weighted by molar-refractivity contribution is 0.543. The maximum absolute atomic E-state index is 4.09. The highest BCUT2D eigenvalue weighted by molar-refractivity contribution is 8.03. The molecule has 1 N–H and O–H groups in total. The molecule has 2 heterocycles. The molecular weight excluding hydrogens is 210 g/mol. The molecule has 1 aromatic heterocycles. The summed E-state index contributed by atoms with van der Waals surface area (Å²) in [5.41, 5.74) is 0. The predicted octanol–water partition coefficient (Wildman–Crippen LogP) is 1.32.